The van der Waals surface area contributed by atoms with Crippen LogP contribution in [-0.2, 0) is 0 Å². The van der Waals surface area contributed by atoms with Gasteiger partial charge in [0.15, 0.2) is 0 Å². The predicted molar refractivity (Wildman–Crippen MR) is 80.0 cm³/mol. The van der Waals surface area contributed by atoms with E-state index in [2.05, 4.69) is 56.9 Å². The maximum absolute atomic E-state index is 3.78. The highest BCUT2D eigenvalue weighted by molar-refractivity contribution is 4.81. The molecule has 0 spiro atoms. The van der Waals surface area contributed by atoms with Crippen molar-refractivity contribution in [3.63, 3.8) is 0 Å². The van der Waals surface area contributed by atoms with Gasteiger partial charge in [0.1, 0.15) is 0 Å². The van der Waals surface area contributed by atoms with Crippen LogP contribution in [0, 0.1) is 5.92 Å². The first-order valence-electron chi connectivity index (χ1n) is 7.55. The fraction of sp³-hybridized carbons (Fsp3) is 1.00. The number of nitrogens with one attached hydrogen (secondary N) is 1. The SMILES string of the molecule is CC(C)C(CNC1CCN(C(C)C)CC1)N(C)C. The quantitative estimate of drug-likeness (QED) is 0.783. The number of likely N-dealkylation sites (tertiary alicyclic amines) is 1. The van der Waals surface area contributed by atoms with Crippen LogP contribution >= 0.6 is 0 Å². The van der Waals surface area contributed by atoms with Gasteiger partial charge in [0.05, 0.1) is 0 Å². The van der Waals surface area contributed by atoms with Crippen molar-refractivity contribution in [2.75, 3.05) is 33.7 Å². The van der Waals surface area contributed by atoms with E-state index in [1.807, 2.05) is 0 Å². The molecule has 3 nitrogen and oxygen atoms in total. The minimum Gasteiger partial charge on any atom is -0.312 e. The molecule has 0 amide bonds. The molecule has 0 aromatic carbocycles. The Morgan fingerprint density at radius 3 is 2.06 bits per heavy atom. The molecule has 1 heterocycles. The van der Waals surface area contributed by atoms with Gasteiger partial charge >= 0.3 is 0 Å². The van der Waals surface area contributed by atoms with Crippen molar-refractivity contribution in [3.8, 4) is 0 Å². The predicted octanol–water partition coefficient (Wildman–Crippen LogP) is 2.04. The van der Waals surface area contributed by atoms with Gasteiger partial charge in [-0.3, -0.25) is 0 Å². The van der Waals surface area contributed by atoms with Crippen molar-refractivity contribution in [1.82, 2.24) is 15.1 Å². The normalized spacial score (nSPS) is 21.2. The molecule has 3 heteroatoms. The molecule has 0 aromatic heterocycles. The Labute approximate surface area is 114 Å². The summed E-state index contributed by atoms with van der Waals surface area (Å²) in [5.41, 5.74) is 0. The molecule has 1 N–H and O–H groups in total. The van der Waals surface area contributed by atoms with Crippen LogP contribution in [-0.4, -0.2) is 61.7 Å². The molecule has 1 unspecified atom stereocenters. The van der Waals surface area contributed by atoms with E-state index in [4.69, 9.17) is 0 Å². The number of hydrogen-bond donors (Lipinski definition) is 1. The van der Waals surface area contributed by atoms with Gasteiger partial charge in [-0.05, 0) is 59.8 Å². The van der Waals surface area contributed by atoms with Crippen molar-refractivity contribution in [3.05, 3.63) is 0 Å². The lowest BCUT2D eigenvalue weighted by molar-refractivity contribution is 0.151. The van der Waals surface area contributed by atoms with Crippen molar-refractivity contribution in [2.24, 2.45) is 5.92 Å². The van der Waals surface area contributed by atoms with Gasteiger partial charge in [0.2, 0.25) is 0 Å². The van der Waals surface area contributed by atoms with Crippen molar-refractivity contribution >= 4 is 0 Å². The summed E-state index contributed by atoms with van der Waals surface area (Å²) in [5.74, 6) is 0.711. The van der Waals surface area contributed by atoms with E-state index in [1.165, 1.54) is 25.9 Å². The number of hydrogen-bond acceptors (Lipinski definition) is 3. The molecule has 0 radical (unpaired) electrons. The second-order valence-electron chi connectivity index (χ2n) is 6.59. The first-order valence-corrected chi connectivity index (χ1v) is 7.55. The highest BCUT2D eigenvalue weighted by Gasteiger charge is 2.22. The minimum absolute atomic E-state index is 0.646. The smallest absolute Gasteiger partial charge is 0.0237 e. The van der Waals surface area contributed by atoms with E-state index in [1.54, 1.807) is 0 Å². The molecule has 18 heavy (non-hydrogen) atoms. The molecule has 1 aliphatic rings. The summed E-state index contributed by atoms with van der Waals surface area (Å²) in [7, 11) is 4.38. The molecule has 108 valence electrons. The van der Waals surface area contributed by atoms with Crippen LogP contribution in [0.15, 0.2) is 0 Å². The van der Waals surface area contributed by atoms with Crippen molar-refractivity contribution < 1.29 is 0 Å². The van der Waals surface area contributed by atoms with Crippen LogP contribution in [0.5, 0.6) is 0 Å². The summed E-state index contributed by atoms with van der Waals surface area (Å²) in [6.45, 7) is 12.9. The molecule has 1 aliphatic heterocycles. The Bertz CT molecular complexity index is 210. The lowest BCUT2D eigenvalue weighted by Crippen LogP contribution is -2.49. The van der Waals surface area contributed by atoms with Gasteiger partial charge in [-0.15, -0.1) is 0 Å². The third-order valence-corrected chi connectivity index (χ3v) is 4.31. The van der Waals surface area contributed by atoms with Gasteiger partial charge in [-0.1, -0.05) is 13.8 Å². The summed E-state index contributed by atoms with van der Waals surface area (Å²) in [4.78, 5) is 4.94. The monoisotopic (exact) mass is 255 g/mol. The molecule has 0 aromatic rings. The summed E-state index contributed by atoms with van der Waals surface area (Å²) in [6.07, 6.45) is 2.60. The molecule has 1 rings (SSSR count). The van der Waals surface area contributed by atoms with Gasteiger partial charge < -0.3 is 15.1 Å². The molecular formula is C15H33N3. The Morgan fingerprint density at radius 1 is 1.11 bits per heavy atom. The number of nitrogens with zero attached hydrogens (tertiary/aromatic N) is 2. The fourth-order valence-corrected chi connectivity index (χ4v) is 2.92. The lowest BCUT2D eigenvalue weighted by atomic mass is 10.0. The zero-order valence-electron chi connectivity index (χ0n) is 13.2. The Morgan fingerprint density at radius 2 is 1.67 bits per heavy atom. The average Bonchev–Trinajstić information content (AvgIpc) is 2.28. The van der Waals surface area contributed by atoms with E-state index >= 15 is 0 Å². The molecule has 1 saturated heterocycles. The van der Waals surface area contributed by atoms with Crippen LogP contribution in [0.25, 0.3) is 0 Å². The van der Waals surface area contributed by atoms with Crippen LogP contribution in [0.3, 0.4) is 0 Å². The third kappa shape index (κ3) is 4.87. The lowest BCUT2D eigenvalue weighted by Gasteiger charge is -2.36. The molecular weight excluding hydrogens is 222 g/mol. The molecule has 0 aliphatic carbocycles. The Balaban J connectivity index is 2.28. The highest BCUT2D eigenvalue weighted by atomic mass is 15.2. The van der Waals surface area contributed by atoms with Gasteiger partial charge in [-0.2, -0.15) is 0 Å². The molecule has 1 atom stereocenters. The highest BCUT2D eigenvalue weighted by Crippen LogP contribution is 2.14. The zero-order valence-corrected chi connectivity index (χ0v) is 13.2. The van der Waals surface area contributed by atoms with Crippen LogP contribution in [0.2, 0.25) is 0 Å². The first-order chi connectivity index (χ1) is 8.41. The van der Waals surface area contributed by atoms with E-state index in [-0.39, 0.29) is 0 Å². The Hall–Kier alpha value is -0.120. The van der Waals surface area contributed by atoms with Crippen LogP contribution in [0.1, 0.15) is 40.5 Å². The topological polar surface area (TPSA) is 18.5 Å². The largest absolute Gasteiger partial charge is 0.312 e. The number of likely N-dealkylation sites (N-methyl/N-ethyl adjacent to an activating group) is 1. The van der Waals surface area contributed by atoms with Gasteiger partial charge in [-0.25, -0.2) is 0 Å². The fourth-order valence-electron chi connectivity index (χ4n) is 2.92. The van der Waals surface area contributed by atoms with E-state index in [9.17, 15) is 0 Å². The maximum atomic E-state index is 3.78. The maximum Gasteiger partial charge on any atom is 0.0237 e. The van der Waals surface area contributed by atoms with E-state index in [0.29, 0.717) is 18.0 Å². The van der Waals surface area contributed by atoms with E-state index < -0.39 is 0 Å². The zero-order chi connectivity index (χ0) is 13.7. The molecule has 0 bridgehead atoms. The summed E-state index contributed by atoms with van der Waals surface area (Å²) in [6, 6.07) is 2.07. The average molecular weight is 255 g/mol. The standard InChI is InChI=1S/C15H33N3/c1-12(2)15(17(5)6)11-16-14-7-9-18(10-8-14)13(3)4/h12-16H,7-11H2,1-6H3. The summed E-state index contributed by atoms with van der Waals surface area (Å²) < 4.78 is 0. The first kappa shape index (κ1) is 15.9. The van der Waals surface area contributed by atoms with Crippen molar-refractivity contribution in [1.29, 1.82) is 0 Å². The number of rotatable bonds is 6. The van der Waals surface area contributed by atoms with Gasteiger partial charge in [0, 0.05) is 24.7 Å². The second kappa shape index (κ2) is 7.46. The molecule has 0 saturated carbocycles. The van der Waals surface area contributed by atoms with Crippen molar-refractivity contribution in [2.45, 2.75) is 58.7 Å². The Kier molecular flexibility index (Phi) is 6.61. The van der Waals surface area contributed by atoms with Crippen LogP contribution in [0.4, 0.5) is 0 Å². The third-order valence-electron chi connectivity index (χ3n) is 4.31. The summed E-state index contributed by atoms with van der Waals surface area (Å²) in [5, 5.41) is 3.78. The van der Waals surface area contributed by atoms with Gasteiger partial charge in [0.25, 0.3) is 0 Å². The number of piperidine rings is 1. The van der Waals surface area contributed by atoms with Crippen LogP contribution < -0.4 is 5.32 Å². The molecule has 1 fully saturated rings. The second-order valence-corrected chi connectivity index (χ2v) is 6.59. The summed E-state index contributed by atoms with van der Waals surface area (Å²) >= 11 is 0. The minimum atomic E-state index is 0.646. The van der Waals surface area contributed by atoms with E-state index in [0.717, 1.165) is 12.6 Å².